The first-order valence-electron chi connectivity index (χ1n) is 10.3. The van der Waals surface area contributed by atoms with Crippen molar-refractivity contribution in [2.75, 3.05) is 32.8 Å². The standard InChI is InChI=1S/C24H31N3O2/c1-24(2,3)22-11-9-20(10-12-22)17-25-29-19-23(28)27-15-13-26(14-16-27)18-21-7-5-4-6-8-21/h4-12,17H,13-16,18-19H2,1-3H3/p+1/b25-17-. The normalized spacial score (nSPS) is 15.6. The van der Waals surface area contributed by atoms with Crippen LogP contribution >= 0.6 is 0 Å². The van der Waals surface area contributed by atoms with Crippen LogP contribution in [0, 0.1) is 0 Å². The molecule has 3 rings (SSSR count). The lowest BCUT2D eigenvalue weighted by atomic mass is 9.87. The number of carbonyl (C=O) groups is 1. The van der Waals surface area contributed by atoms with Gasteiger partial charge >= 0.3 is 0 Å². The molecule has 1 aliphatic rings. The second-order valence-corrected chi connectivity index (χ2v) is 8.67. The Hall–Kier alpha value is -2.66. The minimum absolute atomic E-state index is 0.00370. The zero-order chi connectivity index (χ0) is 20.7. The van der Waals surface area contributed by atoms with Gasteiger partial charge < -0.3 is 14.6 Å². The minimum atomic E-state index is -0.00933. The molecule has 0 aromatic heterocycles. The third-order valence-corrected chi connectivity index (χ3v) is 5.36. The van der Waals surface area contributed by atoms with Crippen molar-refractivity contribution < 1.29 is 14.5 Å². The molecule has 1 saturated heterocycles. The maximum absolute atomic E-state index is 12.3. The first kappa shape index (κ1) is 21.1. The van der Waals surface area contributed by atoms with Crippen LogP contribution in [-0.4, -0.2) is 49.8 Å². The molecule has 1 N–H and O–H groups in total. The third-order valence-electron chi connectivity index (χ3n) is 5.36. The number of quaternary nitrogens is 1. The maximum Gasteiger partial charge on any atom is 0.263 e. The number of hydrogen-bond donors (Lipinski definition) is 1. The molecule has 0 aliphatic carbocycles. The van der Waals surface area contributed by atoms with Crippen LogP contribution < -0.4 is 4.90 Å². The number of nitrogens with zero attached hydrogens (tertiary/aromatic N) is 2. The molecular weight excluding hydrogens is 362 g/mol. The van der Waals surface area contributed by atoms with Crippen LogP contribution in [0.15, 0.2) is 59.8 Å². The van der Waals surface area contributed by atoms with Gasteiger partial charge in [-0.25, -0.2) is 0 Å². The van der Waals surface area contributed by atoms with Crippen LogP contribution in [0.2, 0.25) is 0 Å². The van der Waals surface area contributed by atoms with Crippen LogP contribution in [0.25, 0.3) is 0 Å². The molecule has 2 aromatic rings. The summed E-state index contributed by atoms with van der Waals surface area (Å²) in [7, 11) is 0. The molecule has 1 heterocycles. The first-order valence-corrected chi connectivity index (χ1v) is 10.3. The van der Waals surface area contributed by atoms with Gasteiger partial charge in [0.2, 0.25) is 0 Å². The van der Waals surface area contributed by atoms with Gasteiger partial charge in [-0.2, -0.15) is 0 Å². The van der Waals surface area contributed by atoms with Crippen molar-refractivity contribution >= 4 is 12.1 Å². The van der Waals surface area contributed by atoms with Gasteiger partial charge in [0.15, 0.2) is 6.61 Å². The summed E-state index contributed by atoms with van der Waals surface area (Å²) in [4.78, 5) is 21.0. The topological polar surface area (TPSA) is 46.3 Å². The zero-order valence-corrected chi connectivity index (χ0v) is 17.7. The Balaban J connectivity index is 1.38. The molecule has 5 heteroatoms. The van der Waals surface area contributed by atoms with E-state index in [1.54, 1.807) is 6.21 Å². The predicted molar refractivity (Wildman–Crippen MR) is 116 cm³/mol. The highest BCUT2D eigenvalue weighted by Crippen LogP contribution is 2.21. The summed E-state index contributed by atoms with van der Waals surface area (Å²) in [6.07, 6.45) is 1.65. The Kier molecular flexibility index (Phi) is 7.04. The zero-order valence-electron chi connectivity index (χ0n) is 17.7. The van der Waals surface area contributed by atoms with Crippen molar-refractivity contribution in [3.8, 4) is 0 Å². The molecule has 0 atom stereocenters. The van der Waals surface area contributed by atoms with E-state index in [4.69, 9.17) is 4.84 Å². The van der Waals surface area contributed by atoms with Crippen LogP contribution in [0.5, 0.6) is 0 Å². The average molecular weight is 395 g/mol. The molecular formula is C24H32N3O2+. The molecule has 1 aliphatic heterocycles. The second-order valence-electron chi connectivity index (χ2n) is 8.67. The van der Waals surface area contributed by atoms with Crippen molar-refractivity contribution in [1.82, 2.24) is 4.90 Å². The molecule has 0 unspecified atom stereocenters. The maximum atomic E-state index is 12.3. The molecule has 0 saturated carbocycles. The molecule has 1 amide bonds. The molecule has 29 heavy (non-hydrogen) atoms. The van der Waals surface area contributed by atoms with E-state index in [-0.39, 0.29) is 17.9 Å². The minimum Gasteiger partial charge on any atom is -0.386 e. The van der Waals surface area contributed by atoms with Gasteiger partial charge in [-0.1, -0.05) is 80.5 Å². The highest BCUT2D eigenvalue weighted by atomic mass is 16.6. The third kappa shape index (κ3) is 6.43. The van der Waals surface area contributed by atoms with E-state index in [2.05, 4.69) is 62.3 Å². The van der Waals surface area contributed by atoms with E-state index >= 15 is 0 Å². The van der Waals surface area contributed by atoms with Crippen LogP contribution in [-0.2, 0) is 21.6 Å². The Bertz CT molecular complexity index is 802. The summed E-state index contributed by atoms with van der Waals surface area (Å²) in [6, 6.07) is 18.7. The number of nitrogens with one attached hydrogen (secondary N) is 1. The number of hydrogen-bond acceptors (Lipinski definition) is 3. The van der Waals surface area contributed by atoms with Crippen molar-refractivity contribution in [3.05, 3.63) is 71.3 Å². The fraction of sp³-hybridized carbons (Fsp3) is 0.417. The SMILES string of the molecule is CC(C)(C)c1ccc(/C=N\OCC(=O)N2CC[NH+](Cc3ccccc3)CC2)cc1. The average Bonchev–Trinajstić information content (AvgIpc) is 2.72. The van der Waals surface area contributed by atoms with E-state index in [0.717, 1.165) is 38.3 Å². The lowest BCUT2D eigenvalue weighted by molar-refractivity contribution is -0.917. The quantitative estimate of drug-likeness (QED) is 0.604. The monoisotopic (exact) mass is 394 g/mol. The number of amides is 1. The number of rotatable bonds is 6. The lowest BCUT2D eigenvalue weighted by Crippen LogP contribution is -3.13. The molecule has 5 nitrogen and oxygen atoms in total. The first-order chi connectivity index (χ1) is 13.9. The number of piperazine rings is 1. The highest BCUT2D eigenvalue weighted by molar-refractivity contribution is 5.80. The lowest BCUT2D eigenvalue weighted by Gasteiger charge is -2.32. The van der Waals surface area contributed by atoms with E-state index in [9.17, 15) is 4.79 Å². The summed E-state index contributed by atoms with van der Waals surface area (Å²) >= 11 is 0. The summed E-state index contributed by atoms with van der Waals surface area (Å²) in [5.41, 5.74) is 3.71. The Morgan fingerprint density at radius 3 is 2.34 bits per heavy atom. The fourth-order valence-electron chi connectivity index (χ4n) is 3.48. The number of oxime groups is 1. The number of benzene rings is 2. The molecule has 0 spiro atoms. The predicted octanol–water partition coefficient (Wildman–Crippen LogP) is 2.26. The van der Waals surface area contributed by atoms with Crippen molar-refractivity contribution in [1.29, 1.82) is 0 Å². The summed E-state index contributed by atoms with van der Waals surface area (Å²) in [5, 5.41) is 3.96. The van der Waals surface area contributed by atoms with Gasteiger partial charge in [-0.05, 0) is 16.5 Å². The van der Waals surface area contributed by atoms with E-state index in [0.29, 0.717) is 0 Å². The van der Waals surface area contributed by atoms with E-state index < -0.39 is 0 Å². The highest BCUT2D eigenvalue weighted by Gasteiger charge is 2.23. The fourth-order valence-corrected chi connectivity index (χ4v) is 3.48. The van der Waals surface area contributed by atoms with Crippen molar-refractivity contribution in [2.24, 2.45) is 5.16 Å². The van der Waals surface area contributed by atoms with Gasteiger partial charge in [-0.15, -0.1) is 0 Å². The van der Waals surface area contributed by atoms with Crippen LogP contribution in [0.3, 0.4) is 0 Å². The Morgan fingerprint density at radius 2 is 1.72 bits per heavy atom. The van der Waals surface area contributed by atoms with Crippen molar-refractivity contribution in [2.45, 2.75) is 32.7 Å². The van der Waals surface area contributed by atoms with Crippen LogP contribution in [0.1, 0.15) is 37.5 Å². The Labute approximate surface area is 174 Å². The Morgan fingerprint density at radius 1 is 1.07 bits per heavy atom. The summed E-state index contributed by atoms with van der Waals surface area (Å²) in [5.74, 6) is 0.00370. The largest absolute Gasteiger partial charge is 0.386 e. The van der Waals surface area contributed by atoms with Gasteiger partial charge in [0.05, 0.1) is 32.4 Å². The molecule has 1 fully saturated rings. The van der Waals surface area contributed by atoms with Gasteiger partial charge in [0.1, 0.15) is 6.54 Å². The molecule has 154 valence electrons. The molecule has 0 bridgehead atoms. The van der Waals surface area contributed by atoms with Gasteiger partial charge in [-0.3, -0.25) is 4.79 Å². The smallest absolute Gasteiger partial charge is 0.263 e. The van der Waals surface area contributed by atoms with E-state index in [1.165, 1.54) is 16.0 Å². The van der Waals surface area contributed by atoms with Crippen LogP contribution in [0.4, 0.5) is 0 Å². The second kappa shape index (κ2) is 9.70. The summed E-state index contributed by atoms with van der Waals surface area (Å²) in [6.45, 7) is 11.0. The van der Waals surface area contributed by atoms with Gasteiger partial charge in [0.25, 0.3) is 5.91 Å². The number of carbonyl (C=O) groups excluding carboxylic acids is 1. The molecule has 0 radical (unpaired) electrons. The van der Waals surface area contributed by atoms with Crippen molar-refractivity contribution in [3.63, 3.8) is 0 Å². The summed E-state index contributed by atoms with van der Waals surface area (Å²) < 4.78 is 0. The van der Waals surface area contributed by atoms with E-state index in [1.807, 2.05) is 23.1 Å². The molecule has 2 aromatic carbocycles. The van der Waals surface area contributed by atoms with Gasteiger partial charge in [0, 0.05) is 5.56 Å².